The number of benzene rings is 3. The summed E-state index contributed by atoms with van der Waals surface area (Å²) < 4.78 is 14.2. The van der Waals surface area contributed by atoms with Crippen LogP contribution in [-0.2, 0) is 11.3 Å². The molecule has 2 fully saturated rings. The monoisotopic (exact) mass is 502 g/mol. The average Bonchev–Trinajstić information content (AvgIpc) is 2.92. The molecule has 0 spiro atoms. The molecule has 3 aromatic rings. The minimum absolute atomic E-state index is 0.192. The maximum absolute atomic E-state index is 14.2. The number of carbonyl (C=O) groups excluding carboxylic acids is 1. The molecule has 0 unspecified atom stereocenters. The molecule has 2 atom stereocenters. The van der Waals surface area contributed by atoms with Crippen LogP contribution in [0.1, 0.15) is 24.8 Å². The number of anilines is 1. The molecule has 0 aliphatic carbocycles. The maximum atomic E-state index is 14.2. The zero-order chi connectivity index (χ0) is 25.8. The van der Waals surface area contributed by atoms with Crippen molar-refractivity contribution >= 4 is 22.4 Å². The average molecular weight is 503 g/mol. The Balaban J connectivity index is 1.15. The van der Waals surface area contributed by atoms with E-state index in [4.69, 9.17) is 0 Å². The summed E-state index contributed by atoms with van der Waals surface area (Å²) in [6.07, 6.45) is 2.61. The van der Waals surface area contributed by atoms with Crippen molar-refractivity contribution in [3.05, 3.63) is 78.1 Å². The minimum atomic E-state index is -0.192. The van der Waals surface area contributed by atoms with Gasteiger partial charge in [0.15, 0.2) is 0 Å². The number of rotatable bonds is 7. The van der Waals surface area contributed by atoms with Crippen molar-refractivity contribution in [1.82, 2.24) is 14.7 Å². The van der Waals surface area contributed by atoms with Crippen LogP contribution in [0.15, 0.2) is 66.7 Å². The number of likely N-dealkylation sites (tertiary alicyclic amines) is 1. The van der Waals surface area contributed by atoms with Gasteiger partial charge in [0.1, 0.15) is 5.82 Å². The molecule has 0 saturated carbocycles. The van der Waals surface area contributed by atoms with Gasteiger partial charge < -0.3 is 14.7 Å². The highest BCUT2D eigenvalue weighted by atomic mass is 19.1. The fourth-order valence-electron chi connectivity index (χ4n) is 6.17. The Hall–Kier alpha value is -2.96. The van der Waals surface area contributed by atoms with Gasteiger partial charge in [-0.2, -0.15) is 0 Å². The largest absolute Gasteiger partial charge is 0.366 e. The topological polar surface area (TPSA) is 30.0 Å². The number of hydrogen-bond acceptors (Lipinski definition) is 4. The lowest BCUT2D eigenvalue weighted by Gasteiger charge is -2.42. The van der Waals surface area contributed by atoms with E-state index in [0.717, 1.165) is 32.5 Å². The number of halogens is 1. The molecule has 196 valence electrons. The van der Waals surface area contributed by atoms with Gasteiger partial charge in [0.25, 0.3) is 0 Å². The third kappa shape index (κ3) is 6.13. The Morgan fingerprint density at radius 3 is 2.41 bits per heavy atom. The van der Waals surface area contributed by atoms with E-state index in [1.54, 1.807) is 6.07 Å². The van der Waals surface area contributed by atoms with Gasteiger partial charge in [-0.1, -0.05) is 48.5 Å². The minimum Gasteiger partial charge on any atom is -0.366 e. The summed E-state index contributed by atoms with van der Waals surface area (Å²) in [7, 11) is 4.33. The molecular weight excluding hydrogens is 463 g/mol. The number of amides is 1. The lowest BCUT2D eigenvalue weighted by Crippen LogP contribution is -2.50. The molecule has 0 N–H and O–H groups in total. The molecule has 2 saturated heterocycles. The number of carbonyl (C=O) groups is 1. The lowest BCUT2D eigenvalue weighted by atomic mass is 9.87. The summed E-state index contributed by atoms with van der Waals surface area (Å²) in [5, 5.41) is 2.57. The van der Waals surface area contributed by atoms with Crippen LogP contribution in [0.3, 0.4) is 0 Å². The van der Waals surface area contributed by atoms with E-state index < -0.39 is 0 Å². The molecule has 2 heterocycles. The van der Waals surface area contributed by atoms with Gasteiger partial charge in [-0.05, 0) is 73.9 Å². The van der Waals surface area contributed by atoms with Gasteiger partial charge in [0.2, 0.25) is 5.91 Å². The summed E-state index contributed by atoms with van der Waals surface area (Å²) in [5.74, 6) is 0.507. The third-order valence-corrected chi connectivity index (χ3v) is 8.22. The van der Waals surface area contributed by atoms with Crippen LogP contribution in [-0.4, -0.2) is 80.0 Å². The molecule has 0 radical (unpaired) electrons. The number of piperazine rings is 1. The molecular formula is C31H39FN4O. The maximum Gasteiger partial charge on any atom is 0.222 e. The second kappa shape index (κ2) is 11.6. The highest BCUT2D eigenvalue weighted by molar-refractivity contribution is 5.83. The SMILES string of the molecule is CN(C)[C@@H]1CCN(Cc2ccc3ccccc3c2)C[C@@H]1CCC(=O)N1CCN(c2ccccc2F)CC1. The number of para-hydroxylation sites is 1. The van der Waals surface area contributed by atoms with Crippen LogP contribution >= 0.6 is 0 Å². The standard InChI is InChI=1S/C31H39FN4O/c1-33(2)29-15-16-34(22-24-11-12-25-7-3-4-8-26(25)21-24)23-27(29)13-14-31(37)36-19-17-35(18-20-36)30-10-6-5-9-28(30)32/h3-12,21,27,29H,13-20,22-23H2,1-2H3/t27-,29+/m0/s1. The zero-order valence-corrected chi connectivity index (χ0v) is 22.2. The molecule has 0 aromatic heterocycles. The second-order valence-corrected chi connectivity index (χ2v) is 10.9. The van der Waals surface area contributed by atoms with Crippen molar-refractivity contribution in [2.24, 2.45) is 5.92 Å². The number of piperidine rings is 1. The second-order valence-electron chi connectivity index (χ2n) is 10.9. The van der Waals surface area contributed by atoms with Crippen LogP contribution in [0, 0.1) is 11.7 Å². The summed E-state index contributed by atoms with van der Waals surface area (Å²) in [5.41, 5.74) is 1.99. The number of fused-ring (bicyclic) bond motifs is 1. The Bertz CT molecular complexity index is 1210. The first kappa shape index (κ1) is 25.7. The molecule has 2 aliphatic rings. The van der Waals surface area contributed by atoms with Crippen LogP contribution in [0.2, 0.25) is 0 Å². The summed E-state index contributed by atoms with van der Waals surface area (Å²) >= 11 is 0. The Morgan fingerprint density at radius 2 is 1.65 bits per heavy atom. The van der Waals surface area contributed by atoms with E-state index in [-0.39, 0.29) is 11.7 Å². The fraction of sp³-hybridized carbons (Fsp3) is 0.452. The molecule has 5 nitrogen and oxygen atoms in total. The van der Waals surface area contributed by atoms with Gasteiger partial charge in [0, 0.05) is 51.7 Å². The highest BCUT2D eigenvalue weighted by Gasteiger charge is 2.32. The Labute approximate surface area is 220 Å². The van der Waals surface area contributed by atoms with Crippen molar-refractivity contribution in [2.45, 2.75) is 31.8 Å². The summed E-state index contributed by atoms with van der Waals surface area (Å²) in [4.78, 5) is 22.1. The lowest BCUT2D eigenvalue weighted by molar-refractivity contribution is -0.132. The Morgan fingerprint density at radius 1 is 0.919 bits per heavy atom. The predicted octanol–water partition coefficient (Wildman–Crippen LogP) is 4.86. The van der Waals surface area contributed by atoms with E-state index in [2.05, 4.69) is 66.4 Å². The molecule has 37 heavy (non-hydrogen) atoms. The van der Waals surface area contributed by atoms with Crippen LogP contribution < -0.4 is 4.90 Å². The molecule has 5 rings (SSSR count). The van der Waals surface area contributed by atoms with Crippen molar-refractivity contribution < 1.29 is 9.18 Å². The molecule has 2 aliphatic heterocycles. The van der Waals surface area contributed by atoms with E-state index in [1.807, 2.05) is 21.9 Å². The highest BCUT2D eigenvalue weighted by Crippen LogP contribution is 2.27. The van der Waals surface area contributed by atoms with Gasteiger partial charge in [-0.15, -0.1) is 0 Å². The number of hydrogen-bond donors (Lipinski definition) is 0. The quantitative estimate of drug-likeness (QED) is 0.462. The van der Waals surface area contributed by atoms with E-state index in [0.29, 0.717) is 50.2 Å². The van der Waals surface area contributed by atoms with Crippen LogP contribution in [0.5, 0.6) is 0 Å². The number of nitrogens with zero attached hydrogens (tertiary/aromatic N) is 4. The van der Waals surface area contributed by atoms with Crippen LogP contribution in [0.25, 0.3) is 10.8 Å². The smallest absolute Gasteiger partial charge is 0.222 e. The first-order valence-electron chi connectivity index (χ1n) is 13.6. The Kier molecular flexibility index (Phi) is 8.06. The van der Waals surface area contributed by atoms with Crippen molar-refractivity contribution in [3.63, 3.8) is 0 Å². The van der Waals surface area contributed by atoms with Crippen LogP contribution in [0.4, 0.5) is 10.1 Å². The normalized spacial score (nSPS) is 21.1. The predicted molar refractivity (Wildman–Crippen MR) is 149 cm³/mol. The summed E-state index contributed by atoms with van der Waals surface area (Å²) in [6.45, 7) is 5.72. The summed E-state index contributed by atoms with van der Waals surface area (Å²) in [6, 6.07) is 22.7. The molecule has 0 bridgehead atoms. The molecule has 6 heteroatoms. The third-order valence-electron chi connectivity index (χ3n) is 8.22. The first-order valence-corrected chi connectivity index (χ1v) is 13.6. The van der Waals surface area contributed by atoms with Gasteiger partial charge in [-0.3, -0.25) is 9.69 Å². The van der Waals surface area contributed by atoms with Gasteiger partial charge >= 0.3 is 0 Å². The van der Waals surface area contributed by atoms with Crippen molar-refractivity contribution in [3.8, 4) is 0 Å². The zero-order valence-electron chi connectivity index (χ0n) is 22.2. The van der Waals surface area contributed by atoms with E-state index in [9.17, 15) is 9.18 Å². The van der Waals surface area contributed by atoms with Crippen molar-refractivity contribution in [1.29, 1.82) is 0 Å². The fourth-order valence-corrected chi connectivity index (χ4v) is 6.17. The van der Waals surface area contributed by atoms with Gasteiger partial charge in [-0.25, -0.2) is 4.39 Å². The van der Waals surface area contributed by atoms with E-state index in [1.165, 1.54) is 22.4 Å². The van der Waals surface area contributed by atoms with Crippen molar-refractivity contribution in [2.75, 3.05) is 58.3 Å². The van der Waals surface area contributed by atoms with Gasteiger partial charge in [0.05, 0.1) is 5.69 Å². The molecule has 3 aromatic carbocycles. The first-order chi connectivity index (χ1) is 18.0. The van der Waals surface area contributed by atoms with E-state index >= 15 is 0 Å². The molecule has 1 amide bonds.